The minimum absolute atomic E-state index is 0.0864. The Labute approximate surface area is 229 Å². The Kier molecular flexibility index (Phi) is 8.56. The van der Waals surface area contributed by atoms with Gasteiger partial charge in [-0.25, -0.2) is 4.68 Å². The fraction of sp³-hybridized carbons (Fsp3) is 0.467. The highest BCUT2D eigenvalue weighted by Gasteiger charge is 2.29. The van der Waals surface area contributed by atoms with Crippen LogP contribution in [0.3, 0.4) is 0 Å². The number of hydrogen-bond acceptors (Lipinski definition) is 7. The van der Waals surface area contributed by atoms with E-state index in [4.69, 9.17) is 9.47 Å². The van der Waals surface area contributed by atoms with Gasteiger partial charge in [-0.15, -0.1) is 5.10 Å². The fourth-order valence-corrected chi connectivity index (χ4v) is 5.76. The highest BCUT2D eigenvalue weighted by molar-refractivity contribution is 5.80. The molecule has 0 spiro atoms. The van der Waals surface area contributed by atoms with Crippen LogP contribution in [0.5, 0.6) is 11.5 Å². The minimum Gasteiger partial charge on any atom is -0.496 e. The number of aromatic amines is 1. The molecule has 1 atom stereocenters. The van der Waals surface area contributed by atoms with E-state index in [0.717, 1.165) is 53.1 Å². The Bertz CT molecular complexity index is 1440. The van der Waals surface area contributed by atoms with Gasteiger partial charge in [-0.2, -0.15) is 0 Å². The third kappa shape index (κ3) is 5.98. The van der Waals surface area contributed by atoms with Gasteiger partial charge in [-0.1, -0.05) is 44.4 Å². The van der Waals surface area contributed by atoms with Crippen molar-refractivity contribution in [2.75, 3.05) is 13.7 Å². The molecule has 9 nitrogen and oxygen atoms in total. The molecular formula is C30H38N6O3. The van der Waals surface area contributed by atoms with Crippen LogP contribution in [0.1, 0.15) is 81.4 Å². The maximum atomic E-state index is 13.3. The lowest BCUT2D eigenvalue weighted by molar-refractivity contribution is 0.153. The van der Waals surface area contributed by atoms with Gasteiger partial charge in [0.1, 0.15) is 11.5 Å². The number of benzene rings is 2. The largest absolute Gasteiger partial charge is 0.496 e. The van der Waals surface area contributed by atoms with E-state index in [1.807, 2.05) is 54.1 Å². The van der Waals surface area contributed by atoms with Crippen molar-refractivity contribution in [3.8, 4) is 11.5 Å². The predicted molar refractivity (Wildman–Crippen MR) is 151 cm³/mol. The summed E-state index contributed by atoms with van der Waals surface area (Å²) in [6.07, 6.45) is 6.63. The zero-order chi connectivity index (χ0) is 27.2. The number of methoxy groups -OCH3 is 1. The first-order valence-electron chi connectivity index (χ1n) is 14.0. The molecule has 1 N–H and O–H groups in total. The first-order valence-corrected chi connectivity index (χ1v) is 14.0. The van der Waals surface area contributed by atoms with Crippen molar-refractivity contribution < 1.29 is 9.47 Å². The van der Waals surface area contributed by atoms with Crippen LogP contribution < -0.4 is 15.0 Å². The minimum atomic E-state index is -0.0987. The average Bonchev–Trinajstić information content (AvgIpc) is 3.44. The zero-order valence-corrected chi connectivity index (χ0v) is 23.1. The molecule has 206 valence electrons. The summed E-state index contributed by atoms with van der Waals surface area (Å²) in [6.45, 7) is 5.71. The maximum Gasteiger partial charge on any atom is 0.252 e. The SMILES string of the molecule is CCOc1ccc2[nH]c(=O)c(CN(Cc3ccccc3OC)[C@H](CC)c3nnnn3C3CCCCC3)cc2c1. The van der Waals surface area contributed by atoms with Crippen LogP contribution in [0.4, 0.5) is 0 Å². The standard InChI is InChI=1S/C30H38N6O3/c1-4-27(29-32-33-34-36(29)24-12-7-6-8-13-24)35(19-21-11-9-10-14-28(21)38-3)20-23-17-22-18-25(39-5-2)15-16-26(22)31-30(23)37/h9-11,14-18,24,27H,4-8,12-13,19-20H2,1-3H3,(H,31,37)/t27-/m1/s1. The van der Waals surface area contributed by atoms with Crippen molar-refractivity contribution in [1.29, 1.82) is 0 Å². The van der Waals surface area contributed by atoms with Crippen LogP contribution >= 0.6 is 0 Å². The Balaban J connectivity index is 1.54. The second-order valence-electron chi connectivity index (χ2n) is 10.2. The summed E-state index contributed by atoms with van der Waals surface area (Å²) in [5.74, 6) is 2.46. The molecule has 9 heteroatoms. The molecule has 0 unspecified atom stereocenters. The fourth-order valence-electron chi connectivity index (χ4n) is 5.76. The third-order valence-corrected chi connectivity index (χ3v) is 7.71. The van der Waals surface area contributed by atoms with Crippen molar-refractivity contribution in [3.63, 3.8) is 0 Å². The van der Waals surface area contributed by atoms with Gasteiger partial charge in [0.25, 0.3) is 5.56 Å². The molecule has 1 aliphatic carbocycles. The number of H-pyrrole nitrogens is 1. The van der Waals surface area contributed by atoms with Gasteiger partial charge >= 0.3 is 0 Å². The number of aromatic nitrogens is 5. The lowest BCUT2D eigenvalue weighted by Crippen LogP contribution is -2.33. The molecule has 0 radical (unpaired) electrons. The van der Waals surface area contributed by atoms with Gasteiger partial charge in [0.05, 0.1) is 25.8 Å². The lowest BCUT2D eigenvalue weighted by Gasteiger charge is -2.32. The van der Waals surface area contributed by atoms with Crippen LogP contribution in [0.2, 0.25) is 0 Å². The Hall–Kier alpha value is -3.72. The smallest absolute Gasteiger partial charge is 0.252 e. The van der Waals surface area contributed by atoms with Crippen molar-refractivity contribution in [2.45, 2.75) is 77.5 Å². The van der Waals surface area contributed by atoms with E-state index < -0.39 is 0 Å². The van der Waals surface area contributed by atoms with Gasteiger partial charge in [-0.3, -0.25) is 9.69 Å². The first kappa shape index (κ1) is 26.9. The molecule has 0 amide bonds. The summed E-state index contributed by atoms with van der Waals surface area (Å²) in [4.78, 5) is 18.6. The van der Waals surface area contributed by atoms with Crippen molar-refractivity contribution >= 4 is 10.9 Å². The number of tetrazole rings is 1. The molecule has 1 aliphatic rings. The van der Waals surface area contributed by atoms with E-state index in [0.29, 0.717) is 31.3 Å². The summed E-state index contributed by atoms with van der Waals surface area (Å²) < 4.78 is 13.4. The third-order valence-electron chi connectivity index (χ3n) is 7.71. The lowest BCUT2D eigenvalue weighted by atomic mass is 9.95. The van der Waals surface area contributed by atoms with Crippen LogP contribution in [-0.4, -0.2) is 43.8 Å². The van der Waals surface area contributed by atoms with Gasteiger partial charge in [-0.05, 0) is 66.9 Å². The van der Waals surface area contributed by atoms with E-state index in [9.17, 15) is 4.79 Å². The number of rotatable bonds is 11. The Morgan fingerprint density at radius 1 is 1.05 bits per heavy atom. The predicted octanol–water partition coefficient (Wildman–Crippen LogP) is 5.58. The van der Waals surface area contributed by atoms with E-state index in [-0.39, 0.29) is 11.6 Å². The van der Waals surface area contributed by atoms with E-state index in [2.05, 4.69) is 38.4 Å². The molecule has 2 aromatic carbocycles. The zero-order valence-electron chi connectivity index (χ0n) is 23.1. The second kappa shape index (κ2) is 12.4. The van der Waals surface area contributed by atoms with Crippen molar-refractivity contribution in [3.05, 3.63) is 75.8 Å². The molecule has 1 fully saturated rings. The number of pyridine rings is 1. The summed E-state index contributed by atoms with van der Waals surface area (Å²) in [5.41, 5.74) is 2.42. The highest BCUT2D eigenvalue weighted by Crippen LogP contribution is 2.33. The topological polar surface area (TPSA) is 98.2 Å². The van der Waals surface area contributed by atoms with E-state index in [1.54, 1.807) is 7.11 Å². The Morgan fingerprint density at radius 2 is 1.85 bits per heavy atom. The summed E-state index contributed by atoms with van der Waals surface area (Å²) in [6, 6.07) is 16.0. The summed E-state index contributed by atoms with van der Waals surface area (Å²) in [7, 11) is 1.69. The monoisotopic (exact) mass is 530 g/mol. The average molecular weight is 531 g/mol. The maximum absolute atomic E-state index is 13.3. The second-order valence-corrected chi connectivity index (χ2v) is 10.2. The van der Waals surface area contributed by atoms with Crippen molar-refractivity contribution in [2.24, 2.45) is 0 Å². The van der Waals surface area contributed by atoms with E-state index >= 15 is 0 Å². The van der Waals surface area contributed by atoms with Gasteiger partial charge in [0, 0.05) is 35.1 Å². The summed E-state index contributed by atoms with van der Waals surface area (Å²) >= 11 is 0. The van der Waals surface area contributed by atoms with Gasteiger partial charge in [0.15, 0.2) is 5.82 Å². The normalized spacial score (nSPS) is 15.1. The number of fused-ring (bicyclic) bond motifs is 1. The molecule has 0 bridgehead atoms. The molecule has 0 saturated heterocycles. The van der Waals surface area contributed by atoms with Crippen LogP contribution in [0.15, 0.2) is 53.3 Å². The van der Waals surface area contributed by atoms with Crippen LogP contribution in [-0.2, 0) is 13.1 Å². The van der Waals surface area contributed by atoms with Crippen LogP contribution in [0.25, 0.3) is 10.9 Å². The van der Waals surface area contributed by atoms with Crippen molar-refractivity contribution in [1.82, 2.24) is 30.1 Å². The quantitative estimate of drug-likeness (QED) is 0.270. The molecular weight excluding hydrogens is 492 g/mol. The number of nitrogens with zero attached hydrogens (tertiary/aromatic N) is 5. The number of nitrogens with one attached hydrogen (secondary N) is 1. The number of hydrogen-bond donors (Lipinski definition) is 1. The molecule has 5 rings (SSSR count). The molecule has 2 aromatic heterocycles. The first-order chi connectivity index (χ1) is 19.1. The van der Waals surface area contributed by atoms with E-state index in [1.165, 1.54) is 19.3 Å². The van der Waals surface area contributed by atoms with Gasteiger partial charge in [0.2, 0.25) is 0 Å². The summed E-state index contributed by atoms with van der Waals surface area (Å²) in [5, 5.41) is 14.0. The Morgan fingerprint density at radius 3 is 2.62 bits per heavy atom. The molecule has 4 aromatic rings. The molecule has 2 heterocycles. The van der Waals surface area contributed by atoms with Crippen LogP contribution in [0, 0.1) is 0 Å². The molecule has 1 saturated carbocycles. The number of para-hydroxylation sites is 1. The number of ether oxygens (including phenoxy) is 2. The highest BCUT2D eigenvalue weighted by atomic mass is 16.5. The van der Waals surface area contributed by atoms with Gasteiger partial charge < -0.3 is 14.5 Å². The molecule has 0 aliphatic heterocycles. The molecule has 39 heavy (non-hydrogen) atoms.